The van der Waals surface area contributed by atoms with E-state index in [-0.39, 0.29) is 0 Å². The summed E-state index contributed by atoms with van der Waals surface area (Å²) < 4.78 is 0. The molecule has 0 aromatic heterocycles. The van der Waals surface area contributed by atoms with Crippen LogP contribution in [0.25, 0.3) is 0 Å². The van der Waals surface area contributed by atoms with Gasteiger partial charge in [0.2, 0.25) is 0 Å². The second-order valence-corrected chi connectivity index (χ2v) is 5.64. The smallest absolute Gasteiger partial charge is 0.0383 e. The Morgan fingerprint density at radius 1 is 0.714 bits per heavy atom. The molecule has 0 rings (SSSR count). The third-order valence-corrected chi connectivity index (χ3v) is 2.68. The molecule has 14 heavy (non-hydrogen) atoms. The van der Waals surface area contributed by atoms with Gasteiger partial charge >= 0.3 is 0 Å². The molecule has 0 bridgehead atoms. The van der Waals surface area contributed by atoms with E-state index in [2.05, 4.69) is 27.7 Å². The van der Waals surface area contributed by atoms with Crippen molar-refractivity contribution in [2.75, 3.05) is 0 Å². The predicted molar refractivity (Wildman–Crippen MR) is 66.4 cm³/mol. The van der Waals surface area contributed by atoms with Gasteiger partial charge in [-0.05, 0) is 11.8 Å². The monoisotopic (exact) mass is 197 g/mol. The maximum atomic E-state index is 3.86. The maximum Gasteiger partial charge on any atom is -0.0383 e. The topological polar surface area (TPSA) is 0 Å². The number of rotatable bonds is 8. The van der Waals surface area contributed by atoms with Crippen molar-refractivity contribution in [3.8, 4) is 0 Å². The van der Waals surface area contributed by atoms with Crippen LogP contribution in [-0.4, -0.2) is 0 Å². The highest BCUT2D eigenvalue weighted by Gasteiger charge is 2.08. The molecule has 0 aromatic rings. The molecule has 0 fully saturated rings. The van der Waals surface area contributed by atoms with Gasteiger partial charge in [-0.3, -0.25) is 0 Å². The molecule has 0 aliphatic carbocycles. The van der Waals surface area contributed by atoms with Crippen LogP contribution in [0.3, 0.4) is 0 Å². The highest BCUT2D eigenvalue weighted by atomic mass is 14.1. The first-order chi connectivity index (χ1) is 6.56. The van der Waals surface area contributed by atoms with Crippen LogP contribution < -0.4 is 0 Å². The summed E-state index contributed by atoms with van der Waals surface area (Å²) in [5, 5.41) is 0. The summed E-state index contributed by atoms with van der Waals surface area (Å²) >= 11 is 0. The van der Waals surface area contributed by atoms with Crippen molar-refractivity contribution < 1.29 is 0 Å². The summed E-state index contributed by atoms with van der Waals surface area (Å²) in [7, 11) is 0. The van der Waals surface area contributed by atoms with Gasteiger partial charge in [0.05, 0.1) is 0 Å². The molecular weight excluding hydrogens is 168 g/mol. The lowest BCUT2D eigenvalue weighted by atomic mass is 9.89. The minimum atomic E-state index is 0.536. The Hall–Kier alpha value is 0. The fourth-order valence-electron chi connectivity index (χ4n) is 1.72. The van der Waals surface area contributed by atoms with Gasteiger partial charge in [-0.2, -0.15) is 0 Å². The van der Waals surface area contributed by atoms with Gasteiger partial charge < -0.3 is 0 Å². The van der Waals surface area contributed by atoms with Crippen LogP contribution in [-0.2, 0) is 0 Å². The summed E-state index contributed by atoms with van der Waals surface area (Å²) in [5.74, 6) is 0. The summed E-state index contributed by atoms with van der Waals surface area (Å²) in [6.45, 7) is 10.9. The van der Waals surface area contributed by atoms with Crippen molar-refractivity contribution in [3.63, 3.8) is 0 Å². The van der Waals surface area contributed by atoms with Crippen molar-refractivity contribution in [2.24, 2.45) is 5.41 Å². The highest BCUT2D eigenvalue weighted by molar-refractivity contribution is 4.61. The Labute approximate surface area is 91.5 Å². The van der Waals surface area contributed by atoms with Crippen LogP contribution in [0.1, 0.15) is 78.6 Å². The van der Waals surface area contributed by atoms with E-state index in [0.29, 0.717) is 5.41 Å². The fraction of sp³-hybridized carbons (Fsp3) is 0.929. The van der Waals surface area contributed by atoms with Crippen molar-refractivity contribution in [1.29, 1.82) is 0 Å². The predicted octanol–water partition coefficient (Wildman–Crippen LogP) is 5.38. The van der Waals surface area contributed by atoms with Crippen molar-refractivity contribution in [1.82, 2.24) is 0 Å². The molecule has 0 heterocycles. The normalized spacial score (nSPS) is 12.0. The van der Waals surface area contributed by atoms with Gasteiger partial charge in [0.15, 0.2) is 0 Å². The average Bonchev–Trinajstić information content (AvgIpc) is 2.08. The van der Waals surface area contributed by atoms with E-state index in [1.54, 1.807) is 0 Å². The zero-order chi connectivity index (χ0) is 10.9. The minimum Gasteiger partial charge on any atom is -0.0602 e. The summed E-state index contributed by atoms with van der Waals surface area (Å²) in [6, 6.07) is 0. The second kappa shape index (κ2) is 8.32. The van der Waals surface area contributed by atoms with E-state index in [9.17, 15) is 0 Å². The van der Waals surface area contributed by atoms with E-state index in [1.165, 1.54) is 51.4 Å². The van der Waals surface area contributed by atoms with Crippen molar-refractivity contribution in [2.45, 2.75) is 78.6 Å². The van der Waals surface area contributed by atoms with E-state index in [0.717, 1.165) is 6.42 Å². The summed E-state index contributed by atoms with van der Waals surface area (Å²) in [6.07, 6.45) is 12.4. The summed E-state index contributed by atoms with van der Waals surface area (Å²) in [5.41, 5.74) is 0.536. The SMILES string of the molecule is [CH2]CCCCCCCCCC(C)(C)C. The van der Waals surface area contributed by atoms with Gasteiger partial charge in [0, 0.05) is 0 Å². The van der Waals surface area contributed by atoms with Gasteiger partial charge in [0.25, 0.3) is 0 Å². The molecule has 0 unspecified atom stereocenters. The maximum absolute atomic E-state index is 3.86. The third kappa shape index (κ3) is 12.0. The zero-order valence-corrected chi connectivity index (χ0v) is 10.6. The Morgan fingerprint density at radius 3 is 1.57 bits per heavy atom. The lowest BCUT2D eigenvalue weighted by molar-refractivity contribution is 0.356. The molecule has 0 saturated heterocycles. The van der Waals surface area contributed by atoms with E-state index >= 15 is 0 Å². The van der Waals surface area contributed by atoms with Gasteiger partial charge in [-0.25, -0.2) is 0 Å². The van der Waals surface area contributed by atoms with Crippen LogP contribution in [0.2, 0.25) is 0 Å². The van der Waals surface area contributed by atoms with Crippen LogP contribution >= 0.6 is 0 Å². The molecule has 0 aliphatic heterocycles. The van der Waals surface area contributed by atoms with Crippen LogP contribution in [0.15, 0.2) is 0 Å². The van der Waals surface area contributed by atoms with Gasteiger partial charge in [-0.1, -0.05) is 79.1 Å². The first-order valence-electron chi connectivity index (χ1n) is 6.35. The molecule has 0 aromatic carbocycles. The van der Waals surface area contributed by atoms with Gasteiger partial charge in [0.1, 0.15) is 0 Å². The molecule has 0 saturated carbocycles. The first-order valence-corrected chi connectivity index (χ1v) is 6.35. The second-order valence-electron chi connectivity index (χ2n) is 5.64. The number of hydrogen-bond acceptors (Lipinski definition) is 0. The quantitative estimate of drug-likeness (QED) is 0.458. The molecule has 0 heteroatoms. The molecular formula is C14H29. The van der Waals surface area contributed by atoms with Crippen LogP contribution in [0.4, 0.5) is 0 Å². The standard InChI is InChI=1S/C14H29/c1-5-6-7-8-9-10-11-12-13-14(2,3)4/h1,5-13H2,2-4H3. The zero-order valence-electron chi connectivity index (χ0n) is 10.6. The van der Waals surface area contributed by atoms with Crippen molar-refractivity contribution in [3.05, 3.63) is 6.92 Å². The third-order valence-electron chi connectivity index (χ3n) is 2.68. The highest BCUT2D eigenvalue weighted by Crippen LogP contribution is 2.22. The van der Waals surface area contributed by atoms with Crippen molar-refractivity contribution >= 4 is 0 Å². The molecule has 1 radical (unpaired) electrons. The Morgan fingerprint density at radius 2 is 1.14 bits per heavy atom. The molecule has 0 amide bonds. The lowest BCUT2D eigenvalue weighted by Gasteiger charge is -2.17. The molecule has 0 aliphatic rings. The van der Waals surface area contributed by atoms with Gasteiger partial charge in [-0.15, -0.1) is 0 Å². The number of hydrogen-bond donors (Lipinski definition) is 0. The minimum absolute atomic E-state index is 0.536. The van der Waals surface area contributed by atoms with E-state index in [1.807, 2.05) is 0 Å². The molecule has 0 spiro atoms. The van der Waals surface area contributed by atoms with E-state index < -0.39 is 0 Å². The van der Waals surface area contributed by atoms with E-state index in [4.69, 9.17) is 0 Å². The Bertz CT molecular complexity index is 108. The average molecular weight is 197 g/mol. The molecule has 0 nitrogen and oxygen atoms in total. The molecule has 85 valence electrons. The van der Waals surface area contributed by atoms with Crippen LogP contribution in [0.5, 0.6) is 0 Å². The molecule has 0 N–H and O–H groups in total. The number of unbranched alkanes of at least 4 members (excludes halogenated alkanes) is 7. The Balaban J connectivity index is 2.99. The Kier molecular flexibility index (Phi) is 8.32. The first kappa shape index (κ1) is 14.0. The fourth-order valence-corrected chi connectivity index (χ4v) is 1.72. The van der Waals surface area contributed by atoms with Crippen LogP contribution in [0, 0.1) is 12.3 Å². The molecule has 0 atom stereocenters. The lowest BCUT2D eigenvalue weighted by Crippen LogP contribution is -2.03. The largest absolute Gasteiger partial charge is 0.0602 e. The summed E-state index contributed by atoms with van der Waals surface area (Å²) in [4.78, 5) is 0.